The topological polar surface area (TPSA) is 42.7 Å². The number of nitrogens with zero attached hydrogens (tertiary/aromatic N) is 3. The van der Waals surface area contributed by atoms with Gasteiger partial charge < -0.3 is 5.32 Å². The van der Waals surface area contributed by atoms with Gasteiger partial charge in [-0.1, -0.05) is 24.3 Å². The van der Waals surface area contributed by atoms with Crippen LogP contribution in [0.5, 0.6) is 0 Å². The van der Waals surface area contributed by atoms with Gasteiger partial charge in [-0.15, -0.1) is 0 Å². The van der Waals surface area contributed by atoms with E-state index in [1.165, 1.54) is 10.9 Å². The molecular formula is C16H18N4. The molecule has 3 aromatic rings. The van der Waals surface area contributed by atoms with Crippen molar-refractivity contribution >= 4 is 10.9 Å². The summed E-state index contributed by atoms with van der Waals surface area (Å²) in [6.07, 6.45) is 4.84. The Kier molecular flexibility index (Phi) is 3.48. The molecule has 1 N–H and O–H groups in total. The van der Waals surface area contributed by atoms with E-state index in [4.69, 9.17) is 4.98 Å². The van der Waals surface area contributed by atoms with Crippen LogP contribution in [0.1, 0.15) is 17.3 Å². The summed E-state index contributed by atoms with van der Waals surface area (Å²) in [5, 5.41) is 8.73. The second-order valence-electron chi connectivity index (χ2n) is 5.00. The van der Waals surface area contributed by atoms with Crippen molar-refractivity contribution in [2.24, 2.45) is 7.05 Å². The van der Waals surface area contributed by atoms with Crippen LogP contribution in [0, 0.1) is 0 Å². The Morgan fingerprint density at radius 3 is 2.80 bits per heavy atom. The average molecular weight is 266 g/mol. The fourth-order valence-electron chi connectivity index (χ4n) is 2.44. The Balaban J connectivity index is 1.90. The van der Waals surface area contributed by atoms with Crippen LogP contribution in [0.15, 0.2) is 48.8 Å². The Morgan fingerprint density at radius 2 is 2.05 bits per heavy atom. The number of rotatable bonds is 4. The van der Waals surface area contributed by atoms with Crippen LogP contribution in [-0.4, -0.2) is 21.8 Å². The van der Waals surface area contributed by atoms with Crippen molar-refractivity contribution in [3.8, 4) is 0 Å². The first kappa shape index (κ1) is 12.8. The number of fused-ring (bicyclic) bond motifs is 1. The highest BCUT2D eigenvalue weighted by Crippen LogP contribution is 2.19. The molecule has 0 spiro atoms. The van der Waals surface area contributed by atoms with Crippen LogP contribution in [0.3, 0.4) is 0 Å². The summed E-state index contributed by atoms with van der Waals surface area (Å²) in [5.74, 6) is 0. The number of aryl methyl sites for hydroxylation is 1. The Hall–Kier alpha value is -2.20. The molecular weight excluding hydrogens is 248 g/mol. The highest BCUT2D eigenvalue weighted by atomic mass is 15.2. The molecule has 102 valence electrons. The fraction of sp³-hybridized carbons (Fsp3) is 0.250. The molecule has 3 rings (SSSR count). The molecule has 1 aromatic carbocycles. The number of pyridine rings is 1. The maximum Gasteiger partial charge on any atom is 0.0706 e. The standard InChI is InChI=1S/C16H18N4/c1-17-16(9-12-10-18-20(2)11-12)15-8-7-13-5-3-4-6-14(13)19-15/h3-8,10-11,16-17H,9H2,1-2H3. The molecule has 0 radical (unpaired) electrons. The normalized spacial score (nSPS) is 12.7. The highest BCUT2D eigenvalue weighted by molar-refractivity contribution is 5.78. The molecule has 1 atom stereocenters. The molecule has 0 fully saturated rings. The van der Waals surface area contributed by atoms with Gasteiger partial charge >= 0.3 is 0 Å². The van der Waals surface area contributed by atoms with Crippen LogP contribution in [-0.2, 0) is 13.5 Å². The van der Waals surface area contributed by atoms with E-state index in [-0.39, 0.29) is 6.04 Å². The minimum Gasteiger partial charge on any atom is -0.311 e. The predicted octanol–water partition coefficient (Wildman–Crippen LogP) is 2.47. The zero-order valence-electron chi connectivity index (χ0n) is 11.7. The summed E-state index contributed by atoms with van der Waals surface area (Å²) in [6.45, 7) is 0. The molecule has 0 bridgehead atoms. The van der Waals surface area contributed by atoms with Crippen molar-refractivity contribution in [3.05, 3.63) is 60.0 Å². The minimum absolute atomic E-state index is 0.198. The van der Waals surface area contributed by atoms with Gasteiger partial charge in [0, 0.05) is 18.6 Å². The van der Waals surface area contributed by atoms with Crippen LogP contribution < -0.4 is 5.32 Å². The molecule has 0 saturated carbocycles. The van der Waals surface area contributed by atoms with Crippen LogP contribution >= 0.6 is 0 Å². The number of hydrogen-bond donors (Lipinski definition) is 1. The van der Waals surface area contributed by atoms with E-state index in [1.54, 1.807) is 0 Å². The maximum atomic E-state index is 4.76. The summed E-state index contributed by atoms with van der Waals surface area (Å²) >= 11 is 0. The van der Waals surface area contributed by atoms with E-state index >= 15 is 0 Å². The van der Waals surface area contributed by atoms with Gasteiger partial charge in [0.25, 0.3) is 0 Å². The third-order valence-corrected chi connectivity index (χ3v) is 3.52. The quantitative estimate of drug-likeness (QED) is 0.789. The maximum absolute atomic E-state index is 4.76. The summed E-state index contributed by atoms with van der Waals surface area (Å²) < 4.78 is 1.83. The third kappa shape index (κ3) is 2.56. The predicted molar refractivity (Wildman–Crippen MR) is 80.5 cm³/mol. The number of aromatic nitrogens is 3. The highest BCUT2D eigenvalue weighted by Gasteiger charge is 2.13. The van der Waals surface area contributed by atoms with Gasteiger partial charge in [-0.3, -0.25) is 9.67 Å². The van der Waals surface area contributed by atoms with Crippen molar-refractivity contribution in [2.75, 3.05) is 7.05 Å². The van der Waals surface area contributed by atoms with Crippen molar-refractivity contribution in [3.63, 3.8) is 0 Å². The molecule has 20 heavy (non-hydrogen) atoms. The second kappa shape index (κ2) is 5.43. The number of para-hydroxylation sites is 1. The minimum atomic E-state index is 0.198. The molecule has 0 aliphatic rings. The van der Waals surface area contributed by atoms with Gasteiger partial charge in [-0.25, -0.2) is 0 Å². The van der Waals surface area contributed by atoms with Gasteiger partial charge in [0.2, 0.25) is 0 Å². The van der Waals surface area contributed by atoms with E-state index in [2.05, 4.69) is 34.7 Å². The summed E-state index contributed by atoms with van der Waals surface area (Å²) in [5.41, 5.74) is 3.31. The smallest absolute Gasteiger partial charge is 0.0706 e. The first-order valence-corrected chi connectivity index (χ1v) is 6.77. The van der Waals surface area contributed by atoms with Gasteiger partial charge in [0.1, 0.15) is 0 Å². The van der Waals surface area contributed by atoms with Crippen molar-refractivity contribution in [1.29, 1.82) is 0 Å². The number of hydrogen-bond acceptors (Lipinski definition) is 3. The fourth-order valence-corrected chi connectivity index (χ4v) is 2.44. The first-order valence-electron chi connectivity index (χ1n) is 6.77. The summed E-state index contributed by atoms with van der Waals surface area (Å²) in [6, 6.07) is 12.6. The summed E-state index contributed by atoms with van der Waals surface area (Å²) in [7, 11) is 3.91. The molecule has 4 nitrogen and oxygen atoms in total. The van der Waals surface area contributed by atoms with Crippen LogP contribution in [0.4, 0.5) is 0 Å². The molecule has 0 saturated heterocycles. The van der Waals surface area contributed by atoms with Gasteiger partial charge in [0.15, 0.2) is 0 Å². The van der Waals surface area contributed by atoms with Crippen LogP contribution in [0.2, 0.25) is 0 Å². The van der Waals surface area contributed by atoms with E-state index in [0.717, 1.165) is 17.6 Å². The van der Waals surface area contributed by atoms with E-state index in [0.29, 0.717) is 0 Å². The average Bonchev–Trinajstić information content (AvgIpc) is 2.89. The lowest BCUT2D eigenvalue weighted by molar-refractivity contribution is 0.577. The molecule has 2 heterocycles. The van der Waals surface area contributed by atoms with E-state index < -0.39 is 0 Å². The zero-order chi connectivity index (χ0) is 13.9. The lowest BCUT2D eigenvalue weighted by Gasteiger charge is -2.15. The second-order valence-corrected chi connectivity index (χ2v) is 5.00. The number of nitrogens with one attached hydrogen (secondary N) is 1. The summed E-state index contributed by atoms with van der Waals surface area (Å²) in [4.78, 5) is 4.76. The van der Waals surface area contributed by atoms with Crippen LogP contribution in [0.25, 0.3) is 10.9 Å². The van der Waals surface area contributed by atoms with Gasteiger partial charge in [-0.05, 0) is 31.2 Å². The van der Waals surface area contributed by atoms with Gasteiger partial charge in [-0.2, -0.15) is 5.10 Å². The van der Waals surface area contributed by atoms with Gasteiger partial charge in [0.05, 0.1) is 23.4 Å². The monoisotopic (exact) mass is 266 g/mol. The Labute approximate surface area is 118 Å². The van der Waals surface area contributed by atoms with Crippen molar-refractivity contribution < 1.29 is 0 Å². The first-order chi connectivity index (χ1) is 9.76. The Morgan fingerprint density at radius 1 is 1.20 bits per heavy atom. The molecule has 0 aliphatic heterocycles. The third-order valence-electron chi connectivity index (χ3n) is 3.52. The van der Waals surface area contributed by atoms with E-state index in [1.807, 2.05) is 43.3 Å². The Bertz CT molecular complexity index is 717. The molecule has 2 aromatic heterocycles. The lowest BCUT2D eigenvalue weighted by atomic mass is 10.0. The molecule has 1 unspecified atom stereocenters. The SMILES string of the molecule is CNC(Cc1cnn(C)c1)c1ccc2ccccc2n1. The molecule has 0 amide bonds. The van der Waals surface area contributed by atoms with E-state index in [9.17, 15) is 0 Å². The lowest BCUT2D eigenvalue weighted by Crippen LogP contribution is -2.19. The number of benzene rings is 1. The van der Waals surface area contributed by atoms with Crippen molar-refractivity contribution in [1.82, 2.24) is 20.1 Å². The largest absolute Gasteiger partial charge is 0.311 e. The van der Waals surface area contributed by atoms with Crippen molar-refractivity contribution in [2.45, 2.75) is 12.5 Å². The molecule has 4 heteroatoms. The number of likely N-dealkylation sites (N-methyl/N-ethyl adjacent to an activating group) is 1. The zero-order valence-corrected chi connectivity index (χ0v) is 11.7. The molecule has 0 aliphatic carbocycles.